The first kappa shape index (κ1) is 19.1. The van der Waals surface area contributed by atoms with Crippen LogP contribution in [-0.2, 0) is 13.1 Å². The van der Waals surface area contributed by atoms with E-state index in [-0.39, 0.29) is 12.1 Å². The molecule has 0 unspecified atom stereocenters. The Morgan fingerprint density at radius 3 is 2.70 bits per heavy atom. The third-order valence-electron chi connectivity index (χ3n) is 4.48. The molecule has 7 nitrogen and oxygen atoms in total. The van der Waals surface area contributed by atoms with Crippen LogP contribution in [0.15, 0.2) is 35.4 Å². The number of nitrogens with two attached hydrogens (primary N) is 1. The molecule has 0 atom stereocenters. The normalized spacial score (nSPS) is 11.4. The van der Waals surface area contributed by atoms with Crippen molar-refractivity contribution >= 4 is 10.8 Å². The number of unbranched alkanes of at least 4 members (excludes halogenated alkanes) is 1. The van der Waals surface area contributed by atoms with Crippen molar-refractivity contribution < 1.29 is 4.74 Å². The first-order valence-electron chi connectivity index (χ1n) is 9.45. The molecule has 0 saturated carbocycles. The van der Waals surface area contributed by atoms with E-state index in [4.69, 9.17) is 10.5 Å². The lowest BCUT2D eigenvalue weighted by Gasteiger charge is -2.20. The lowest BCUT2D eigenvalue weighted by Crippen LogP contribution is -2.28. The van der Waals surface area contributed by atoms with Crippen LogP contribution in [0.25, 0.3) is 16.5 Å². The Morgan fingerprint density at radius 2 is 2.07 bits per heavy atom. The minimum atomic E-state index is -0.0351. The van der Waals surface area contributed by atoms with Crippen LogP contribution in [0.3, 0.4) is 0 Å². The number of ether oxygens (including phenoxy) is 1. The summed E-state index contributed by atoms with van der Waals surface area (Å²) in [5, 5.41) is 9.29. The molecule has 1 aromatic carbocycles. The van der Waals surface area contributed by atoms with Gasteiger partial charge in [0.25, 0.3) is 5.56 Å². The average molecular weight is 369 g/mol. The van der Waals surface area contributed by atoms with E-state index < -0.39 is 0 Å². The molecule has 0 bridgehead atoms. The quantitative estimate of drug-likeness (QED) is 0.617. The first-order valence-corrected chi connectivity index (χ1v) is 9.45. The van der Waals surface area contributed by atoms with E-state index in [0.717, 1.165) is 29.6 Å². The van der Waals surface area contributed by atoms with Gasteiger partial charge in [0.2, 0.25) is 0 Å². The van der Waals surface area contributed by atoms with Gasteiger partial charge in [-0.2, -0.15) is 0 Å². The molecule has 3 rings (SSSR count). The number of hydrogen-bond acceptors (Lipinski definition) is 5. The number of hydrogen-bond donors (Lipinski definition) is 1. The predicted octanol–water partition coefficient (Wildman–Crippen LogP) is 2.88. The van der Waals surface area contributed by atoms with Crippen LogP contribution >= 0.6 is 0 Å². The number of fused-ring (bicyclic) bond motifs is 1. The van der Waals surface area contributed by atoms with Gasteiger partial charge < -0.3 is 15.0 Å². The van der Waals surface area contributed by atoms with Gasteiger partial charge in [-0.25, -0.2) is 4.68 Å². The summed E-state index contributed by atoms with van der Waals surface area (Å²) in [6.07, 6.45) is 5.36. The molecule has 0 aliphatic rings. The molecular formula is C20H27N5O2. The van der Waals surface area contributed by atoms with E-state index in [9.17, 15) is 4.79 Å². The summed E-state index contributed by atoms with van der Waals surface area (Å²) in [5.74, 6) is 1.02. The van der Waals surface area contributed by atoms with Crippen LogP contribution in [-0.4, -0.2) is 26.2 Å². The van der Waals surface area contributed by atoms with Crippen molar-refractivity contribution in [2.75, 3.05) is 6.61 Å². The molecule has 3 aromatic rings. The highest BCUT2D eigenvalue weighted by Crippen LogP contribution is 2.30. The zero-order valence-electron chi connectivity index (χ0n) is 16.2. The summed E-state index contributed by atoms with van der Waals surface area (Å²) >= 11 is 0. The van der Waals surface area contributed by atoms with Gasteiger partial charge in [-0.15, -0.1) is 5.10 Å². The van der Waals surface area contributed by atoms with Gasteiger partial charge >= 0.3 is 0 Å². The summed E-state index contributed by atoms with van der Waals surface area (Å²) in [5.41, 5.74) is 7.59. The molecule has 0 aliphatic carbocycles. The molecular weight excluding hydrogens is 342 g/mol. The monoisotopic (exact) mass is 369 g/mol. The molecule has 144 valence electrons. The van der Waals surface area contributed by atoms with Gasteiger partial charge in [0.1, 0.15) is 5.75 Å². The second-order valence-corrected chi connectivity index (χ2v) is 7.07. The van der Waals surface area contributed by atoms with Gasteiger partial charge in [0, 0.05) is 18.5 Å². The molecule has 0 saturated heterocycles. The molecule has 0 spiro atoms. The Labute approximate surface area is 158 Å². The summed E-state index contributed by atoms with van der Waals surface area (Å²) in [7, 11) is 0. The highest BCUT2D eigenvalue weighted by atomic mass is 16.5. The number of aromatic nitrogens is 4. The van der Waals surface area contributed by atoms with Crippen molar-refractivity contribution in [3.8, 4) is 11.4 Å². The molecule has 0 radical (unpaired) electrons. The molecule has 0 amide bonds. The van der Waals surface area contributed by atoms with E-state index in [1.54, 1.807) is 21.6 Å². The van der Waals surface area contributed by atoms with Crippen LogP contribution in [0.4, 0.5) is 0 Å². The van der Waals surface area contributed by atoms with Gasteiger partial charge in [-0.05, 0) is 30.5 Å². The summed E-state index contributed by atoms with van der Waals surface area (Å²) in [6.45, 7) is 7.73. The van der Waals surface area contributed by atoms with Crippen molar-refractivity contribution in [1.82, 2.24) is 19.6 Å². The number of benzene rings is 1. The topological polar surface area (TPSA) is 88.0 Å². The zero-order valence-corrected chi connectivity index (χ0v) is 16.2. The van der Waals surface area contributed by atoms with Crippen LogP contribution in [0.1, 0.15) is 39.3 Å². The Bertz CT molecular complexity index is 961. The standard InChI is InChI=1S/C20H27N5O2/c1-4-5-10-27-19-17-11-15(25-9-8-22-23-25)6-7-16(17)20(26)24(13-14(2)3)18(19)12-21/h6-9,11,14H,4-5,10,12-13,21H2,1-3H3. The van der Waals surface area contributed by atoms with Crippen LogP contribution in [0.2, 0.25) is 0 Å². The van der Waals surface area contributed by atoms with Gasteiger partial charge in [0.05, 0.1) is 35.8 Å². The van der Waals surface area contributed by atoms with E-state index in [0.29, 0.717) is 30.2 Å². The van der Waals surface area contributed by atoms with E-state index in [1.165, 1.54) is 0 Å². The van der Waals surface area contributed by atoms with Gasteiger partial charge in [0.15, 0.2) is 0 Å². The van der Waals surface area contributed by atoms with Crippen molar-refractivity contribution in [3.05, 3.63) is 46.6 Å². The van der Waals surface area contributed by atoms with Gasteiger partial charge in [-0.3, -0.25) is 4.79 Å². The lowest BCUT2D eigenvalue weighted by atomic mass is 10.1. The Morgan fingerprint density at radius 1 is 1.26 bits per heavy atom. The second-order valence-electron chi connectivity index (χ2n) is 7.07. The largest absolute Gasteiger partial charge is 0.491 e. The third-order valence-corrected chi connectivity index (χ3v) is 4.48. The highest BCUT2D eigenvalue weighted by molar-refractivity contribution is 5.90. The average Bonchev–Trinajstić information content (AvgIpc) is 3.19. The molecule has 0 fully saturated rings. The molecule has 2 aromatic heterocycles. The fraction of sp³-hybridized carbons (Fsp3) is 0.450. The number of rotatable bonds is 8. The Balaban J connectivity index is 2.25. The van der Waals surface area contributed by atoms with Crippen molar-refractivity contribution in [2.45, 2.75) is 46.7 Å². The maximum absolute atomic E-state index is 13.1. The maximum atomic E-state index is 13.1. The van der Waals surface area contributed by atoms with Crippen LogP contribution in [0.5, 0.6) is 5.75 Å². The predicted molar refractivity (Wildman–Crippen MR) is 106 cm³/mol. The SMILES string of the molecule is CCCCOc1c(CN)n(CC(C)C)c(=O)c2ccc(-n3ccnn3)cc12. The smallest absolute Gasteiger partial charge is 0.258 e. The summed E-state index contributed by atoms with van der Waals surface area (Å²) in [6, 6.07) is 5.63. The fourth-order valence-corrected chi connectivity index (χ4v) is 3.18. The molecule has 7 heteroatoms. The molecule has 0 aliphatic heterocycles. The lowest BCUT2D eigenvalue weighted by molar-refractivity contribution is 0.304. The third kappa shape index (κ3) is 3.88. The summed E-state index contributed by atoms with van der Waals surface area (Å²) in [4.78, 5) is 13.1. The molecule has 27 heavy (non-hydrogen) atoms. The Hall–Kier alpha value is -2.67. The second kappa shape index (κ2) is 8.35. The van der Waals surface area contributed by atoms with Crippen molar-refractivity contribution in [3.63, 3.8) is 0 Å². The first-order chi connectivity index (χ1) is 13.1. The van der Waals surface area contributed by atoms with Crippen molar-refractivity contribution in [1.29, 1.82) is 0 Å². The summed E-state index contributed by atoms with van der Waals surface area (Å²) < 4.78 is 9.58. The van der Waals surface area contributed by atoms with E-state index >= 15 is 0 Å². The molecule has 2 N–H and O–H groups in total. The minimum absolute atomic E-state index is 0.0351. The van der Waals surface area contributed by atoms with Crippen LogP contribution < -0.4 is 16.0 Å². The number of pyridine rings is 1. The van der Waals surface area contributed by atoms with Crippen molar-refractivity contribution in [2.24, 2.45) is 11.7 Å². The molecule has 2 heterocycles. The Kier molecular flexibility index (Phi) is 5.91. The zero-order chi connectivity index (χ0) is 19.4. The maximum Gasteiger partial charge on any atom is 0.258 e. The minimum Gasteiger partial charge on any atom is -0.491 e. The van der Waals surface area contributed by atoms with E-state index in [1.807, 2.05) is 18.2 Å². The fourth-order valence-electron chi connectivity index (χ4n) is 3.18. The number of nitrogens with zero attached hydrogens (tertiary/aromatic N) is 4. The van der Waals surface area contributed by atoms with Crippen LogP contribution in [0, 0.1) is 5.92 Å². The van der Waals surface area contributed by atoms with Gasteiger partial charge in [-0.1, -0.05) is 32.4 Å². The highest BCUT2D eigenvalue weighted by Gasteiger charge is 2.18. The van der Waals surface area contributed by atoms with E-state index in [2.05, 4.69) is 31.1 Å².